The molecule has 0 spiro atoms. The first-order chi connectivity index (χ1) is 5.49. The Balaban J connectivity index is 3.67. The fourth-order valence-electron chi connectivity index (χ4n) is 1.33. The summed E-state index contributed by atoms with van der Waals surface area (Å²) in [6, 6.07) is 0.198. The van der Waals surface area contributed by atoms with Gasteiger partial charge in [0.2, 0.25) is 0 Å². The standard InChI is InChI=1S/C8H20O3Si/c1-3-5-6-8(4-2)7-12(9,10)11/h8-11H,3-7H2,1-2H3. The zero-order valence-electron chi connectivity index (χ0n) is 7.95. The highest BCUT2D eigenvalue weighted by molar-refractivity contribution is 6.56. The summed E-state index contributed by atoms with van der Waals surface area (Å²) in [5.74, 6) is 0.275. The van der Waals surface area contributed by atoms with Gasteiger partial charge in [-0.25, -0.2) is 0 Å². The molecule has 0 bridgehead atoms. The lowest BCUT2D eigenvalue weighted by atomic mass is 10.0. The lowest BCUT2D eigenvalue weighted by Gasteiger charge is -2.17. The molecular weight excluding hydrogens is 172 g/mol. The second kappa shape index (κ2) is 5.69. The highest BCUT2D eigenvalue weighted by atomic mass is 28.4. The Kier molecular flexibility index (Phi) is 5.74. The SMILES string of the molecule is CCCCC(CC)C[Si](O)(O)O. The molecule has 3 nitrogen and oxygen atoms in total. The molecule has 0 aliphatic carbocycles. The van der Waals surface area contributed by atoms with Gasteiger partial charge >= 0.3 is 8.80 Å². The van der Waals surface area contributed by atoms with Gasteiger partial charge in [-0.2, -0.15) is 0 Å². The number of hydrogen-bond donors (Lipinski definition) is 3. The molecule has 0 aromatic heterocycles. The molecule has 0 aliphatic rings. The van der Waals surface area contributed by atoms with Crippen molar-refractivity contribution in [2.75, 3.05) is 0 Å². The van der Waals surface area contributed by atoms with Gasteiger partial charge in [-0.05, 0) is 5.92 Å². The first-order valence-electron chi connectivity index (χ1n) is 4.66. The van der Waals surface area contributed by atoms with E-state index in [1.54, 1.807) is 0 Å². The monoisotopic (exact) mass is 192 g/mol. The second-order valence-corrected chi connectivity index (χ2v) is 5.35. The summed E-state index contributed by atoms with van der Waals surface area (Å²) in [5, 5.41) is 0. The third kappa shape index (κ3) is 6.79. The van der Waals surface area contributed by atoms with E-state index in [4.69, 9.17) is 14.4 Å². The van der Waals surface area contributed by atoms with E-state index < -0.39 is 8.80 Å². The van der Waals surface area contributed by atoms with Crippen LogP contribution < -0.4 is 0 Å². The quantitative estimate of drug-likeness (QED) is 0.553. The fourth-order valence-corrected chi connectivity index (χ4v) is 2.60. The molecule has 0 aromatic rings. The molecule has 0 heterocycles. The number of hydrogen-bond acceptors (Lipinski definition) is 3. The van der Waals surface area contributed by atoms with Crippen LogP contribution in [0, 0.1) is 5.92 Å². The Morgan fingerprint density at radius 1 is 1.17 bits per heavy atom. The van der Waals surface area contributed by atoms with Crippen LogP contribution in [0.15, 0.2) is 0 Å². The average Bonchev–Trinajstić information content (AvgIpc) is 1.95. The first kappa shape index (κ1) is 12.1. The van der Waals surface area contributed by atoms with Crippen LogP contribution in [0.3, 0.4) is 0 Å². The van der Waals surface area contributed by atoms with Crippen LogP contribution in [0.5, 0.6) is 0 Å². The molecule has 1 unspecified atom stereocenters. The first-order valence-corrected chi connectivity index (χ1v) is 6.71. The summed E-state index contributed by atoms with van der Waals surface area (Å²) in [6.45, 7) is 4.12. The minimum atomic E-state index is -3.79. The van der Waals surface area contributed by atoms with E-state index in [-0.39, 0.29) is 12.0 Å². The van der Waals surface area contributed by atoms with Crippen LogP contribution in [0.2, 0.25) is 6.04 Å². The zero-order chi connectivity index (χ0) is 9.61. The predicted octanol–water partition coefficient (Wildman–Crippen LogP) is 1.12. The zero-order valence-corrected chi connectivity index (χ0v) is 8.95. The largest absolute Gasteiger partial charge is 0.493 e. The average molecular weight is 192 g/mol. The Morgan fingerprint density at radius 3 is 2.08 bits per heavy atom. The van der Waals surface area contributed by atoms with Gasteiger partial charge in [0, 0.05) is 6.04 Å². The van der Waals surface area contributed by atoms with Crippen LogP contribution in [0.4, 0.5) is 0 Å². The van der Waals surface area contributed by atoms with Gasteiger partial charge in [0.1, 0.15) is 0 Å². The molecule has 12 heavy (non-hydrogen) atoms. The molecule has 3 N–H and O–H groups in total. The van der Waals surface area contributed by atoms with Crippen LogP contribution in [0.25, 0.3) is 0 Å². The van der Waals surface area contributed by atoms with Crippen molar-refractivity contribution in [3.05, 3.63) is 0 Å². The van der Waals surface area contributed by atoms with E-state index in [1.807, 2.05) is 6.92 Å². The van der Waals surface area contributed by atoms with Crippen molar-refractivity contribution in [3.63, 3.8) is 0 Å². The van der Waals surface area contributed by atoms with Gasteiger partial charge in [0.25, 0.3) is 0 Å². The van der Waals surface area contributed by atoms with Crippen molar-refractivity contribution < 1.29 is 14.4 Å². The molecule has 0 saturated carbocycles. The van der Waals surface area contributed by atoms with E-state index in [9.17, 15) is 0 Å². The normalized spacial score (nSPS) is 14.8. The minimum Gasteiger partial charge on any atom is -0.390 e. The molecule has 1 atom stereocenters. The van der Waals surface area contributed by atoms with Gasteiger partial charge in [-0.3, -0.25) is 0 Å². The lowest BCUT2D eigenvalue weighted by Crippen LogP contribution is -2.36. The third-order valence-corrected chi connectivity index (χ3v) is 3.23. The molecule has 0 rings (SSSR count). The third-order valence-electron chi connectivity index (χ3n) is 2.11. The fraction of sp³-hybridized carbons (Fsp3) is 1.00. The minimum absolute atomic E-state index is 0.198. The second-order valence-electron chi connectivity index (χ2n) is 3.39. The molecule has 0 amide bonds. The van der Waals surface area contributed by atoms with E-state index in [1.165, 1.54) is 0 Å². The highest BCUT2D eigenvalue weighted by Crippen LogP contribution is 2.20. The summed E-state index contributed by atoms with van der Waals surface area (Å²) in [7, 11) is -3.79. The molecular formula is C8H20O3Si. The smallest absolute Gasteiger partial charge is 0.390 e. The molecule has 0 aromatic carbocycles. The van der Waals surface area contributed by atoms with Gasteiger partial charge in [-0.1, -0.05) is 39.5 Å². The Bertz CT molecular complexity index is 111. The molecule has 0 saturated heterocycles. The maximum atomic E-state index is 8.87. The molecule has 4 heteroatoms. The van der Waals surface area contributed by atoms with Gasteiger partial charge < -0.3 is 14.4 Å². The van der Waals surface area contributed by atoms with Crippen molar-refractivity contribution in [1.82, 2.24) is 0 Å². The van der Waals surface area contributed by atoms with Crippen molar-refractivity contribution in [2.24, 2.45) is 5.92 Å². The Morgan fingerprint density at radius 2 is 1.75 bits per heavy atom. The summed E-state index contributed by atoms with van der Waals surface area (Å²) in [5.41, 5.74) is 0. The van der Waals surface area contributed by atoms with Gasteiger partial charge in [-0.15, -0.1) is 0 Å². The maximum absolute atomic E-state index is 8.87. The molecule has 0 radical (unpaired) electrons. The van der Waals surface area contributed by atoms with Crippen LogP contribution >= 0.6 is 0 Å². The topological polar surface area (TPSA) is 60.7 Å². The Labute approximate surface area is 75.4 Å². The maximum Gasteiger partial charge on any atom is 0.493 e. The summed E-state index contributed by atoms with van der Waals surface area (Å²) in [6.07, 6.45) is 4.12. The van der Waals surface area contributed by atoms with Crippen molar-refractivity contribution >= 4 is 8.80 Å². The number of rotatable bonds is 6. The number of unbranched alkanes of at least 4 members (excludes halogenated alkanes) is 1. The molecule has 0 aliphatic heterocycles. The van der Waals surface area contributed by atoms with Crippen LogP contribution in [-0.2, 0) is 0 Å². The summed E-state index contributed by atoms with van der Waals surface area (Å²) in [4.78, 5) is 26.6. The molecule has 74 valence electrons. The van der Waals surface area contributed by atoms with Crippen LogP contribution in [-0.4, -0.2) is 23.2 Å². The van der Waals surface area contributed by atoms with E-state index in [0.717, 1.165) is 25.7 Å². The predicted molar refractivity (Wildman–Crippen MR) is 50.5 cm³/mol. The summed E-state index contributed by atoms with van der Waals surface area (Å²) < 4.78 is 0. The van der Waals surface area contributed by atoms with E-state index in [2.05, 4.69) is 6.92 Å². The Hall–Kier alpha value is 0.0969. The van der Waals surface area contributed by atoms with Gasteiger partial charge in [0.05, 0.1) is 0 Å². The molecule has 0 fully saturated rings. The van der Waals surface area contributed by atoms with Gasteiger partial charge in [0.15, 0.2) is 0 Å². The summed E-state index contributed by atoms with van der Waals surface area (Å²) >= 11 is 0. The van der Waals surface area contributed by atoms with Crippen molar-refractivity contribution in [1.29, 1.82) is 0 Å². The lowest BCUT2D eigenvalue weighted by molar-refractivity contribution is 0.214. The van der Waals surface area contributed by atoms with E-state index >= 15 is 0 Å². The van der Waals surface area contributed by atoms with E-state index in [0.29, 0.717) is 0 Å². The van der Waals surface area contributed by atoms with Crippen molar-refractivity contribution in [3.8, 4) is 0 Å². The van der Waals surface area contributed by atoms with Crippen molar-refractivity contribution in [2.45, 2.75) is 45.6 Å². The highest BCUT2D eigenvalue weighted by Gasteiger charge is 2.30. The van der Waals surface area contributed by atoms with Crippen LogP contribution in [0.1, 0.15) is 39.5 Å².